The number of aldehydes is 1. The van der Waals surface area contributed by atoms with Gasteiger partial charge in [0.15, 0.2) is 5.82 Å². The molecule has 0 aliphatic heterocycles. The molecule has 0 saturated heterocycles. The highest BCUT2D eigenvalue weighted by molar-refractivity contribution is 6.20. The Bertz CT molecular complexity index is 1210. The summed E-state index contributed by atoms with van der Waals surface area (Å²) in [5.74, 6) is -0.265. The fraction of sp³-hybridized carbons (Fsp3) is 0.467. The van der Waals surface area contributed by atoms with Gasteiger partial charge in [0.05, 0.1) is 18.7 Å². The number of hydrogen-bond acceptors (Lipinski definition) is 7. The van der Waals surface area contributed by atoms with Gasteiger partial charge in [0, 0.05) is 12.0 Å². The maximum atomic E-state index is 13.5. The van der Waals surface area contributed by atoms with E-state index in [1.165, 1.54) is 63.1 Å². The summed E-state index contributed by atoms with van der Waals surface area (Å²) >= 11 is 0. The van der Waals surface area contributed by atoms with E-state index >= 15 is 0 Å². The topological polar surface area (TPSA) is 85.5 Å². The number of nitrogens with zero attached hydrogens (tertiary/aromatic N) is 3. The van der Waals surface area contributed by atoms with Crippen molar-refractivity contribution in [3.05, 3.63) is 71.0 Å². The molecule has 3 rings (SSSR count). The molecule has 0 N–H and O–H groups in total. The Kier molecular flexibility index (Phi) is 12.3. The lowest BCUT2D eigenvalue weighted by atomic mass is 10.1. The van der Waals surface area contributed by atoms with Crippen molar-refractivity contribution in [2.24, 2.45) is 0 Å². The van der Waals surface area contributed by atoms with Crippen LogP contribution in [0.4, 0.5) is 13.2 Å². The van der Waals surface area contributed by atoms with Crippen molar-refractivity contribution in [1.82, 2.24) is 15.2 Å². The van der Waals surface area contributed by atoms with Gasteiger partial charge < -0.3 is 9.36 Å². The van der Waals surface area contributed by atoms with E-state index < -0.39 is 17.7 Å². The number of carbonyl (C=O) groups is 2. The second kappa shape index (κ2) is 15.9. The summed E-state index contributed by atoms with van der Waals surface area (Å²) in [4.78, 5) is 32.1. The molecular formula is C30H36F3N3O4. The number of aromatic nitrogens is 2. The average molecular weight is 560 g/mol. The lowest BCUT2D eigenvalue weighted by Crippen LogP contribution is -2.28. The predicted octanol–water partition coefficient (Wildman–Crippen LogP) is 7.49. The number of aryl methyl sites for hydroxylation is 1. The molecule has 2 aromatic carbocycles. The highest BCUT2D eigenvalue weighted by atomic mass is 19.4. The molecule has 216 valence electrons. The lowest BCUT2D eigenvalue weighted by molar-refractivity contribution is -0.195. The number of halogens is 3. The molecule has 1 heterocycles. The third-order valence-electron chi connectivity index (χ3n) is 6.49. The normalized spacial score (nSPS) is 11.6. The molecule has 0 aliphatic rings. The highest BCUT2D eigenvalue weighted by Crippen LogP contribution is 2.32. The van der Waals surface area contributed by atoms with Crippen LogP contribution in [0, 0.1) is 0 Å². The Balaban J connectivity index is 1.60. The SMILES string of the molecule is CCCCCCCCCCCc1noc(-c2cccc(CN(Cc3ccccc3C(F)(F)F)OC(=O)C=O)c2)n1. The van der Waals surface area contributed by atoms with Crippen LogP contribution >= 0.6 is 0 Å². The first-order chi connectivity index (χ1) is 19.3. The van der Waals surface area contributed by atoms with Crippen LogP contribution in [0.1, 0.15) is 87.2 Å². The minimum atomic E-state index is -4.58. The highest BCUT2D eigenvalue weighted by Gasteiger charge is 2.33. The van der Waals surface area contributed by atoms with Gasteiger partial charge in [-0.05, 0) is 35.7 Å². The van der Waals surface area contributed by atoms with Gasteiger partial charge in [0.25, 0.3) is 5.89 Å². The van der Waals surface area contributed by atoms with Crippen molar-refractivity contribution >= 4 is 12.3 Å². The summed E-state index contributed by atoms with van der Waals surface area (Å²) in [7, 11) is 0. The molecule has 3 aromatic rings. The molecule has 40 heavy (non-hydrogen) atoms. The number of rotatable bonds is 17. The number of alkyl halides is 3. The van der Waals surface area contributed by atoms with Crippen LogP contribution in [0.25, 0.3) is 11.5 Å². The van der Waals surface area contributed by atoms with Crippen molar-refractivity contribution in [3.63, 3.8) is 0 Å². The van der Waals surface area contributed by atoms with Crippen LogP contribution < -0.4 is 0 Å². The summed E-state index contributed by atoms with van der Waals surface area (Å²) in [5.41, 5.74) is 0.296. The van der Waals surface area contributed by atoms with Crippen LogP contribution in [0.5, 0.6) is 0 Å². The lowest BCUT2D eigenvalue weighted by Gasteiger charge is -2.22. The van der Waals surface area contributed by atoms with Crippen molar-refractivity contribution in [3.8, 4) is 11.5 Å². The second-order valence-electron chi connectivity index (χ2n) is 9.78. The van der Waals surface area contributed by atoms with E-state index in [0.29, 0.717) is 29.3 Å². The van der Waals surface area contributed by atoms with E-state index in [9.17, 15) is 22.8 Å². The molecule has 0 saturated carbocycles. The average Bonchev–Trinajstić information content (AvgIpc) is 3.41. The van der Waals surface area contributed by atoms with E-state index in [1.807, 2.05) is 0 Å². The van der Waals surface area contributed by atoms with Crippen molar-refractivity contribution in [2.75, 3.05) is 0 Å². The Labute approximate surface area is 232 Å². The molecule has 0 bridgehead atoms. The monoisotopic (exact) mass is 559 g/mol. The zero-order chi connectivity index (χ0) is 28.8. The van der Waals surface area contributed by atoms with Gasteiger partial charge in [-0.1, -0.05) is 93.8 Å². The standard InChI is InChI=1S/C30H36F3N3O4/c1-2-3-4-5-6-7-8-9-10-18-27-34-29(39-35-27)24-16-13-14-23(19-24)20-36(40-28(38)22-37)21-25-15-11-12-17-26(25)30(31,32)33/h11-17,19,22H,2-10,18,20-21H2,1H3. The molecule has 0 aliphatic carbocycles. The minimum absolute atomic E-state index is 0.0351. The molecule has 1 aromatic heterocycles. The first-order valence-corrected chi connectivity index (χ1v) is 13.8. The van der Waals surface area contributed by atoms with E-state index in [-0.39, 0.29) is 24.9 Å². The molecule has 0 spiro atoms. The Morgan fingerprint density at radius 1 is 0.950 bits per heavy atom. The number of hydroxylamine groups is 2. The van der Waals surface area contributed by atoms with E-state index in [1.54, 1.807) is 24.3 Å². The summed E-state index contributed by atoms with van der Waals surface area (Å²) in [5, 5.41) is 5.10. The number of hydrogen-bond donors (Lipinski definition) is 0. The van der Waals surface area contributed by atoms with Crippen LogP contribution in [0.15, 0.2) is 53.1 Å². The van der Waals surface area contributed by atoms with Gasteiger partial charge in [-0.25, -0.2) is 4.79 Å². The third kappa shape index (κ3) is 10.2. The fourth-order valence-electron chi connectivity index (χ4n) is 4.47. The maximum absolute atomic E-state index is 13.5. The fourth-order valence-corrected chi connectivity index (χ4v) is 4.47. The third-order valence-corrected chi connectivity index (χ3v) is 6.49. The van der Waals surface area contributed by atoms with Crippen LogP contribution in [0.3, 0.4) is 0 Å². The van der Waals surface area contributed by atoms with Crippen LogP contribution in [-0.4, -0.2) is 27.5 Å². The van der Waals surface area contributed by atoms with E-state index in [2.05, 4.69) is 17.1 Å². The number of carbonyl (C=O) groups excluding carboxylic acids is 2. The zero-order valence-corrected chi connectivity index (χ0v) is 22.8. The maximum Gasteiger partial charge on any atom is 0.416 e. The number of benzene rings is 2. The molecule has 10 heteroatoms. The van der Waals surface area contributed by atoms with E-state index in [4.69, 9.17) is 9.36 Å². The first-order valence-electron chi connectivity index (χ1n) is 13.8. The molecular weight excluding hydrogens is 523 g/mol. The van der Waals surface area contributed by atoms with Gasteiger partial charge in [-0.3, -0.25) is 4.79 Å². The Morgan fingerprint density at radius 2 is 1.65 bits per heavy atom. The Hall–Kier alpha value is -3.53. The van der Waals surface area contributed by atoms with Crippen molar-refractivity contribution in [1.29, 1.82) is 0 Å². The summed E-state index contributed by atoms with van der Waals surface area (Å²) in [6.07, 6.45) is 7.09. The Morgan fingerprint density at radius 3 is 2.35 bits per heavy atom. The largest absolute Gasteiger partial charge is 0.416 e. The quantitative estimate of drug-likeness (QED) is 0.0733. The summed E-state index contributed by atoms with van der Waals surface area (Å²) in [6.45, 7) is 1.78. The van der Waals surface area contributed by atoms with E-state index in [0.717, 1.165) is 24.0 Å². The minimum Gasteiger partial charge on any atom is -0.361 e. The smallest absolute Gasteiger partial charge is 0.361 e. The van der Waals surface area contributed by atoms with Crippen molar-refractivity contribution in [2.45, 2.75) is 90.4 Å². The van der Waals surface area contributed by atoms with Crippen LogP contribution in [-0.2, 0) is 40.1 Å². The zero-order valence-electron chi connectivity index (χ0n) is 22.8. The van der Waals surface area contributed by atoms with Gasteiger partial charge in [0.1, 0.15) is 0 Å². The van der Waals surface area contributed by atoms with Gasteiger partial charge in [-0.15, -0.1) is 5.06 Å². The molecule has 0 radical (unpaired) electrons. The second-order valence-corrected chi connectivity index (χ2v) is 9.78. The molecule has 0 atom stereocenters. The molecule has 0 amide bonds. The first kappa shape index (κ1) is 31.0. The van der Waals surface area contributed by atoms with Gasteiger partial charge in [-0.2, -0.15) is 18.2 Å². The summed E-state index contributed by atoms with van der Waals surface area (Å²) < 4.78 is 45.9. The van der Waals surface area contributed by atoms with Gasteiger partial charge in [0.2, 0.25) is 6.29 Å². The molecule has 0 unspecified atom stereocenters. The molecule has 0 fully saturated rings. The van der Waals surface area contributed by atoms with Crippen LogP contribution in [0.2, 0.25) is 0 Å². The van der Waals surface area contributed by atoms with Gasteiger partial charge >= 0.3 is 12.1 Å². The van der Waals surface area contributed by atoms with Crippen molar-refractivity contribution < 1.29 is 32.1 Å². The summed E-state index contributed by atoms with van der Waals surface area (Å²) in [6, 6.07) is 12.0. The molecule has 7 nitrogen and oxygen atoms in total. The predicted molar refractivity (Wildman–Crippen MR) is 144 cm³/mol. The number of unbranched alkanes of at least 4 members (excludes halogenated alkanes) is 8.